The summed E-state index contributed by atoms with van der Waals surface area (Å²) in [7, 11) is 0. The number of anilines is 1. The van der Waals surface area contributed by atoms with Crippen molar-refractivity contribution in [3.63, 3.8) is 0 Å². The molecule has 0 aliphatic rings. The molecule has 2 aromatic rings. The molecule has 0 aromatic heterocycles. The summed E-state index contributed by atoms with van der Waals surface area (Å²) in [4.78, 5) is 0. The molecule has 0 saturated heterocycles. The quantitative estimate of drug-likeness (QED) is 0.909. The van der Waals surface area contributed by atoms with Crippen LogP contribution in [0, 0.1) is 29.9 Å². The summed E-state index contributed by atoms with van der Waals surface area (Å²) in [6.07, 6.45) is 0. The third-order valence-electron chi connectivity index (χ3n) is 2.87. The number of rotatable bonds is 3. The van der Waals surface area contributed by atoms with Crippen molar-refractivity contribution in [1.82, 2.24) is 0 Å². The molecule has 0 radical (unpaired) electrons. The second kappa shape index (κ2) is 5.49. The Morgan fingerprint density at radius 1 is 1.16 bits per heavy atom. The van der Waals surface area contributed by atoms with Crippen LogP contribution in [-0.4, -0.2) is 0 Å². The number of hydrogen-bond acceptors (Lipinski definition) is 2. The van der Waals surface area contributed by atoms with Crippen LogP contribution in [-0.2, 0) is 6.54 Å². The van der Waals surface area contributed by atoms with Gasteiger partial charge in [0.05, 0.1) is 11.6 Å². The number of halogens is 2. The van der Waals surface area contributed by atoms with E-state index in [9.17, 15) is 8.78 Å². The molecule has 0 amide bonds. The molecule has 0 aliphatic heterocycles. The summed E-state index contributed by atoms with van der Waals surface area (Å²) in [5.74, 6) is -0.710. The van der Waals surface area contributed by atoms with Crippen LogP contribution in [0.4, 0.5) is 14.5 Å². The van der Waals surface area contributed by atoms with Crippen LogP contribution in [0.3, 0.4) is 0 Å². The van der Waals surface area contributed by atoms with Gasteiger partial charge in [-0.2, -0.15) is 5.26 Å². The third-order valence-corrected chi connectivity index (χ3v) is 2.87. The second-order valence-corrected chi connectivity index (χ2v) is 4.22. The first-order valence-corrected chi connectivity index (χ1v) is 5.78. The van der Waals surface area contributed by atoms with Gasteiger partial charge in [-0.15, -0.1) is 0 Å². The van der Waals surface area contributed by atoms with E-state index in [1.807, 2.05) is 6.07 Å². The largest absolute Gasteiger partial charge is 0.381 e. The molecule has 2 nitrogen and oxygen atoms in total. The first-order chi connectivity index (χ1) is 9.10. The van der Waals surface area contributed by atoms with E-state index in [2.05, 4.69) is 5.32 Å². The molecule has 0 unspecified atom stereocenters. The number of hydrogen-bond donors (Lipinski definition) is 1. The van der Waals surface area contributed by atoms with Crippen LogP contribution in [0.1, 0.15) is 16.7 Å². The van der Waals surface area contributed by atoms with Crippen molar-refractivity contribution in [2.45, 2.75) is 13.5 Å². The van der Waals surface area contributed by atoms with Gasteiger partial charge in [-0.1, -0.05) is 12.1 Å². The number of nitriles is 1. The van der Waals surface area contributed by atoms with E-state index in [0.717, 1.165) is 5.56 Å². The summed E-state index contributed by atoms with van der Waals surface area (Å²) in [6, 6.07) is 10.8. The van der Waals surface area contributed by atoms with Crippen LogP contribution in [0.15, 0.2) is 36.4 Å². The van der Waals surface area contributed by atoms with Crippen LogP contribution < -0.4 is 5.32 Å². The van der Waals surface area contributed by atoms with E-state index >= 15 is 0 Å². The molecule has 0 atom stereocenters. The SMILES string of the molecule is Cc1c(F)cc(C#N)cc1NCc1ccc(F)cc1. The highest BCUT2D eigenvalue weighted by atomic mass is 19.1. The minimum Gasteiger partial charge on any atom is -0.381 e. The number of nitrogens with zero attached hydrogens (tertiary/aromatic N) is 1. The molecular formula is C15H12F2N2. The van der Waals surface area contributed by atoms with Crippen molar-refractivity contribution in [2.24, 2.45) is 0 Å². The molecule has 2 rings (SSSR count). The van der Waals surface area contributed by atoms with Gasteiger partial charge in [0.15, 0.2) is 0 Å². The molecule has 0 aliphatic carbocycles. The van der Waals surface area contributed by atoms with Gasteiger partial charge in [0, 0.05) is 17.8 Å². The highest BCUT2D eigenvalue weighted by molar-refractivity contribution is 5.56. The second-order valence-electron chi connectivity index (χ2n) is 4.22. The molecule has 2 aromatic carbocycles. The molecule has 1 N–H and O–H groups in total. The first-order valence-electron chi connectivity index (χ1n) is 5.78. The van der Waals surface area contributed by atoms with Gasteiger partial charge in [-0.25, -0.2) is 8.78 Å². The Kier molecular flexibility index (Phi) is 3.76. The van der Waals surface area contributed by atoms with Crippen molar-refractivity contribution in [2.75, 3.05) is 5.32 Å². The molecule has 0 spiro atoms. The standard InChI is InChI=1S/C15H12F2N2/c1-10-14(17)6-12(8-18)7-15(10)19-9-11-2-4-13(16)5-3-11/h2-7,19H,9H2,1H3. The van der Waals surface area contributed by atoms with E-state index in [1.165, 1.54) is 18.2 Å². The normalized spacial score (nSPS) is 10.0. The topological polar surface area (TPSA) is 35.8 Å². The van der Waals surface area contributed by atoms with Crippen molar-refractivity contribution in [1.29, 1.82) is 5.26 Å². The minimum atomic E-state index is -0.416. The average Bonchev–Trinajstić information content (AvgIpc) is 2.42. The summed E-state index contributed by atoms with van der Waals surface area (Å²) in [6.45, 7) is 2.08. The van der Waals surface area contributed by atoms with Gasteiger partial charge in [-0.05, 0) is 36.8 Å². The molecule has 0 heterocycles. The van der Waals surface area contributed by atoms with E-state index in [0.29, 0.717) is 17.8 Å². The predicted octanol–water partition coefficient (Wildman–Crippen LogP) is 3.76. The van der Waals surface area contributed by atoms with Gasteiger partial charge in [0.2, 0.25) is 0 Å². The maximum absolute atomic E-state index is 13.6. The van der Waals surface area contributed by atoms with Crippen molar-refractivity contribution < 1.29 is 8.78 Å². The summed E-state index contributed by atoms with van der Waals surface area (Å²) < 4.78 is 26.3. The Bertz CT molecular complexity index is 628. The predicted molar refractivity (Wildman–Crippen MR) is 69.6 cm³/mol. The van der Waals surface area contributed by atoms with Crippen LogP contribution in [0.5, 0.6) is 0 Å². The number of benzene rings is 2. The lowest BCUT2D eigenvalue weighted by molar-refractivity contribution is 0.618. The van der Waals surface area contributed by atoms with Gasteiger partial charge < -0.3 is 5.32 Å². The fourth-order valence-electron chi connectivity index (χ4n) is 1.73. The third kappa shape index (κ3) is 3.08. The van der Waals surface area contributed by atoms with Gasteiger partial charge >= 0.3 is 0 Å². The average molecular weight is 258 g/mol. The van der Waals surface area contributed by atoms with Crippen molar-refractivity contribution >= 4 is 5.69 Å². The van der Waals surface area contributed by atoms with E-state index in [1.54, 1.807) is 25.1 Å². The van der Waals surface area contributed by atoms with E-state index in [-0.39, 0.29) is 11.4 Å². The zero-order valence-corrected chi connectivity index (χ0v) is 10.4. The smallest absolute Gasteiger partial charge is 0.129 e. The molecule has 4 heteroatoms. The van der Waals surface area contributed by atoms with Crippen LogP contribution in [0.25, 0.3) is 0 Å². The van der Waals surface area contributed by atoms with Crippen LogP contribution in [0.2, 0.25) is 0 Å². The zero-order chi connectivity index (χ0) is 13.8. The minimum absolute atomic E-state index is 0.268. The van der Waals surface area contributed by atoms with E-state index in [4.69, 9.17) is 5.26 Å². The Morgan fingerprint density at radius 3 is 2.47 bits per heavy atom. The van der Waals surface area contributed by atoms with Gasteiger partial charge in [-0.3, -0.25) is 0 Å². The monoisotopic (exact) mass is 258 g/mol. The Morgan fingerprint density at radius 2 is 1.84 bits per heavy atom. The summed E-state index contributed by atoms with van der Waals surface area (Å²) in [5, 5.41) is 11.9. The van der Waals surface area contributed by atoms with Gasteiger partial charge in [0.1, 0.15) is 11.6 Å². The highest BCUT2D eigenvalue weighted by Gasteiger charge is 2.06. The van der Waals surface area contributed by atoms with Crippen LogP contribution >= 0.6 is 0 Å². The molecule has 0 bridgehead atoms. The highest BCUT2D eigenvalue weighted by Crippen LogP contribution is 2.21. The van der Waals surface area contributed by atoms with E-state index < -0.39 is 5.82 Å². The maximum atomic E-state index is 13.6. The molecular weight excluding hydrogens is 246 g/mol. The van der Waals surface area contributed by atoms with Crippen molar-refractivity contribution in [3.8, 4) is 6.07 Å². The lowest BCUT2D eigenvalue weighted by atomic mass is 10.1. The van der Waals surface area contributed by atoms with Crippen molar-refractivity contribution in [3.05, 3.63) is 64.7 Å². The summed E-state index contributed by atoms with van der Waals surface area (Å²) in [5.41, 5.74) is 2.18. The molecule has 0 fully saturated rings. The molecule has 19 heavy (non-hydrogen) atoms. The molecule has 0 saturated carbocycles. The Hall–Kier alpha value is -2.41. The van der Waals surface area contributed by atoms with Gasteiger partial charge in [0.25, 0.3) is 0 Å². The maximum Gasteiger partial charge on any atom is 0.129 e. The fraction of sp³-hybridized carbons (Fsp3) is 0.133. The Labute approximate surface area is 110 Å². The fourth-order valence-corrected chi connectivity index (χ4v) is 1.73. The summed E-state index contributed by atoms with van der Waals surface area (Å²) >= 11 is 0. The zero-order valence-electron chi connectivity index (χ0n) is 10.4. The Balaban J connectivity index is 2.17. The lowest BCUT2D eigenvalue weighted by Gasteiger charge is -2.11. The first kappa shape index (κ1) is 13.0. The number of nitrogens with one attached hydrogen (secondary N) is 1. The molecule has 96 valence electrons. The lowest BCUT2D eigenvalue weighted by Crippen LogP contribution is -2.03.